The van der Waals surface area contributed by atoms with Gasteiger partial charge in [0, 0.05) is 46.3 Å². The maximum absolute atomic E-state index is 6.17. The number of likely N-dealkylation sites (tertiary alicyclic amines) is 2. The molecule has 0 unspecified atom stereocenters. The summed E-state index contributed by atoms with van der Waals surface area (Å²) in [6.45, 7) is 8.07. The summed E-state index contributed by atoms with van der Waals surface area (Å²) in [6.07, 6.45) is 16.2. The van der Waals surface area contributed by atoms with Crippen molar-refractivity contribution in [3.05, 3.63) is 108 Å². The van der Waals surface area contributed by atoms with Gasteiger partial charge in [0.1, 0.15) is 24.7 Å². The number of aromatic amines is 2. The van der Waals surface area contributed by atoms with Crippen LogP contribution in [0.25, 0.3) is 68.6 Å². The van der Waals surface area contributed by atoms with Crippen molar-refractivity contribution in [2.24, 2.45) is 0 Å². The van der Waals surface area contributed by atoms with E-state index in [2.05, 4.69) is 129 Å². The number of hydrogen-bond acceptors (Lipinski definition) is 6. The Morgan fingerprint density at radius 3 is 1.39 bits per heavy atom. The normalized spacial score (nSPS) is 16.1. The fourth-order valence-electron chi connectivity index (χ4n) is 8.07. The van der Waals surface area contributed by atoms with Gasteiger partial charge in [0.2, 0.25) is 0 Å². The van der Waals surface area contributed by atoms with Crippen LogP contribution >= 0.6 is 0 Å². The van der Waals surface area contributed by atoms with E-state index < -0.39 is 0 Å². The third-order valence-electron chi connectivity index (χ3n) is 10.9. The molecule has 8 bridgehead atoms. The Bertz CT molecular complexity index is 2210. The topological polar surface area (TPSA) is 82.3 Å². The third kappa shape index (κ3) is 7.91. The van der Waals surface area contributed by atoms with E-state index >= 15 is 0 Å². The number of piperidine rings is 2. The van der Waals surface area contributed by atoms with Crippen molar-refractivity contribution in [2.45, 2.75) is 38.5 Å². The van der Waals surface area contributed by atoms with Crippen molar-refractivity contribution in [3.63, 3.8) is 0 Å². The molecule has 3 aromatic heterocycles. The molecule has 0 saturated carbocycles. The Morgan fingerprint density at radius 2 is 0.926 bits per heavy atom. The molecule has 8 heteroatoms. The molecule has 4 aliphatic rings. The smallest absolute Gasteiger partial charge is 0.119 e. The minimum Gasteiger partial charge on any atom is -0.492 e. The molecule has 2 N–H and O–H groups in total. The first-order valence-corrected chi connectivity index (χ1v) is 19.7. The van der Waals surface area contributed by atoms with Crippen LogP contribution in [0.3, 0.4) is 0 Å². The fourth-order valence-corrected chi connectivity index (χ4v) is 8.07. The van der Waals surface area contributed by atoms with E-state index in [1.54, 1.807) is 0 Å². The summed E-state index contributed by atoms with van der Waals surface area (Å²) in [5.74, 6) is 1.78. The molecular formula is C46H48N6O2. The molecule has 0 spiro atoms. The second-order valence-corrected chi connectivity index (χ2v) is 14.8. The highest BCUT2D eigenvalue weighted by atomic mass is 16.5. The molecule has 2 fully saturated rings. The number of aromatic nitrogens is 4. The number of nitrogens with one attached hydrogen (secondary N) is 2. The van der Waals surface area contributed by atoms with Crippen LogP contribution in [0.4, 0.5) is 0 Å². The fraction of sp³-hybridized carbons (Fsp3) is 0.304. The van der Waals surface area contributed by atoms with Gasteiger partial charge in [0.25, 0.3) is 0 Å². The first-order valence-electron chi connectivity index (χ1n) is 19.7. The quantitative estimate of drug-likeness (QED) is 0.147. The van der Waals surface area contributed by atoms with Crippen molar-refractivity contribution in [2.75, 3.05) is 52.5 Å². The maximum atomic E-state index is 6.17. The molecule has 4 aliphatic heterocycles. The molecule has 274 valence electrons. The van der Waals surface area contributed by atoms with E-state index in [0.29, 0.717) is 13.2 Å². The monoisotopic (exact) mass is 716 g/mol. The van der Waals surface area contributed by atoms with Crippen LogP contribution in [-0.4, -0.2) is 82.2 Å². The number of fused-ring (bicyclic) bond motifs is 8. The standard InChI is InChI=1S/C46H48N6O2/c1-3-23-51(24-4-1)27-29-53-39-15-7-33(8-16-39)45-41-19-11-35(47-41)31-37-13-21-43(49-37)46(44-22-14-38(50-44)32-36-12-20-42(45)48-36)34-9-17-40(18-10-34)54-30-28-52-25-5-2-6-26-52/h7-22,31-32,47-48H,1-6,23-30H2. The van der Waals surface area contributed by atoms with Crippen molar-refractivity contribution in [1.29, 1.82) is 0 Å². The lowest BCUT2D eigenvalue weighted by Crippen LogP contribution is -2.33. The second-order valence-electron chi connectivity index (χ2n) is 14.8. The summed E-state index contributed by atoms with van der Waals surface area (Å²) in [5.41, 5.74) is 11.8. The average molecular weight is 717 g/mol. The van der Waals surface area contributed by atoms with Gasteiger partial charge in [-0.2, -0.15) is 0 Å². The first-order chi connectivity index (χ1) is 26.7. The molecule has 2 saturated heterocycles. The van der Waals surface area contributed by atoms with Gasteiger partial charge >= 0.3 is 0 Å². The van der Waals surface area contributed by atoms with Crippen LogP contribution < -0.4 is 9.47 Å². The molecule has 0 amide bonds. The molecule has 7 heterocycles. The molecule has 8 nitrogen and oxygen atoms in total. The summed E-state index contributed by atoms with van der Waals surface area (Å²) in [7, 11) is 0. The highest BCUT2D eigenvalue weighted by molar-refractivity contribution is 5.94. The molecule has 0 aliphatic carbocycles. The molecular weight excluding hydrogens is 669 g/mol. The van der Waals surface area contributed by atoms with Crippen molar-refractivity contribution in [3.8, 4) is 33.8 Å². The lowest BCUT2D eigenvalue weighted by Gasteiger charge is -2.26. The van der Waals surface area contributed by atoms with Gasteiger partial charge in [-0.15, -0.1) is 0 Å². The number of hydrogen-bond donors (Lipinski definition) is 2. The van der Waals surface area contributed by atoms with Gasteiger partial charge in [-0.25, -0.2) is 9.97 Å². The van der Waals surface area contributed by atoms with E-state index in [9.17, 15) is 0 Å². The molecule has 5 aromatic rings. The molecule has 2 aromatic carbocycles. The summed E-state index contributed by atoms with van der Waals surface area (Å²) < 4.78 is 12.3. The Kier molecular flexibility index (Phi) is 10.1. The van der Waals surface area contributed by atoms with E-state index in [1.165, 1.54) is 64.7 Å². The second kappa shape index (κ2) is 15.9. The Balaban J connectivity index is 1.04. The predicted octanol–water partition coefficient (Wildman–Crippen LogP) is 9.72. The van der Waals surface area contributed by atoms with Gasteiger partial charge in [0.15, 0.2) is 0 Å². The average Bonchev–Trinajstić information content (AvgIpc) is 4.05. The van der Waals surface area contributed by atoms with E-state index in [-0.39, 0.29) is 0 Å². The predicted molar refractivity (Wildman–Crippen MR) is 221 cm³/mol. The Hall–Kier alpha value is -5.44. The zero-order valence-corrected chi connectivity index (χ0v) is 30.9. The minimum absolute atomic E-state index is 0.698. The van der Waals surface area contributed by atoms with Crippen molar-refractivity contribution >= 4 is 46.4 Å². The van der Waals surface area contributed by atoms with Gasteiger partial charge < -0.3 is 19.4 Å². The van der Waals surface area contributed by atoms with Crippen LogP contribution in [0.5, 0.6) is 11.5 Å². The number of ether oxygens (including phenoxy) is 2. The highest BCUT2D eigenvalue weighted by Crippen LogP contribution is 2.34. The lowest BCUT2D eigenvalue weighted by atomic mass is 10.0. The Morgan fingerprint density at radius 1 is 0.481 bits per heavy atom. The number of benzene rings is 2. The van der Waals surface area contributed by atoms with E-state index in [1.807, 2.05) is 0 Å². The zero-order valence-electron chi connectivity index (χ0n) is 30.9. The Labute approximate surface area is 317 Å². The van der Waals surface area contributed by atoms with Gasteiger partial charge in [-0.05, 0) is 148 Å². The third-order valence-corrected chi connectivity index (χ3v) is 10.9. The van der Waals surface area contributed by atoms with Gasteiger partial charge in [0.05, 0.1) is 22.8 Å². The van der Waals surface area contributed by atoms with Gasteiger partial charge in [-0.1, -0.05) is 37.1 Å². The number of nitrogens with zero attached hydrogens (tertiary/aromatic N) is 4. The first kappa shape index (κ1) is 34.3. The van der Waals surface area contributed by atoms with Crippen LogP contribution in [0.1, 0.15) is 61.3 Å². The van der Waals surface area contributed by atoms with Crippen LogP contribution in [0.15, 0.2) is 84.9 Å². The van der Waals surface area contributed by atoms with Gasteiger partial charge in [-0.3, -0.25) is 9.80 Å². The van der Waals surface area contributed by atoms with Crippen LogP contribution in [-0.2, 0) is 0 Å². The van der Waals surface area contributed by atoms with Crippen LogP contribution in [0, 0.1) is 0 Å². The number of H-pyrrole nitrogens is 2. The van der Waals surface area contributed by atoms with Crippen molar-refractivity contribution < 1.29 is 9.47 Å². The molecule has 0 atom stereocenters. The lowest BCUT2D eigenvalue weighted by molar-refractivity contribution is 0.183. The van der Waals surface area contributed by atoms with E-state index in [4.69, 9.17) is 19.4 Å². The van der Waals surface area contributed by atoms with Crippen molar-refractivity contribution in [1.82, 2.24) is 29.7 Å². The molecule has 0 radical (unpaired) electrons. The van der Waals surface area contributed by atoms with E-state index in [0.717, 1.165) is 91.7 Å². The molecule has 54 heavy (non-hydrogen) atoms. The summed E-state index contributed by atoms with van der Waals surface area (Å²) >= 11 is 0. The minimum atomic E-state index is 0.698. The molecule has 9 rings (SSSR count). The zero-order chi connectivity index (χ0) is 36.1. The summed E-state index contributed by atoms with van der Waals surface area (Å²) in [4.78, 5) is 22.6. The SMILES string of the molecule is C1=Cc2nc1cc1ccc([nH]1)c(-c1ccc(OCCN3CCCCC3)cc1)c1ccc(cc3nc(c2-c2ccc(OCCN4CCCCC4)cc2)C=C3)[nH]1. The van der Waals surface area contributed by atoms with Crippen LogP contribution in [0.2, 0.25) is 0 Å². The summed E-state index contributed by atoms with van der Waals surface area (Å²) in [5, 5.41) is 0. The maximum Gasteiger partial charge on any atom is 0.119 e. The number of rotatable bonds is 10. The largest absolute Gasteiger partial charge is 0.492 e. The summed E-state index contributed by atoms with van der Waals surface area (Å²) in [6, 6.07) is 29.6. The highest BCUT2D eigenvalue weighted by Gasteiger charge is 2.16.